The lowest BCUT2D eigenvalue weighted by molar-refractivity contribution is 1.00. The Hall–Kier alpha value is -0.830. The largest absolute Gasteiger partial charge is 0.154 e. The van der Waals surface area contributed by atoms with E-state index in [1.165, 1.54) is 0 Å². The third-order valence-corrected chi connectivity index (χ3v) is 3.56. The minimum atomic E-state index is 0.413. The Morgan fingerprint density at radius 2 is 1.65 bits per heavy atom. The fourth-order valence-electron chi connectivity index (χ4n) is 1.51. The van der Waals surface area contributed by atoms with Gasteiger partial charge in [-0.3, -0.25) is 0 Å². The van der Waals surface area contributed by atoms with Gasteiger partial charge in [0.2, 0.25) is 0 Å². The second-order valence-electron chi connectivity index (χ2n) is 3.71. The quantitative estimate of drug-likeness (QED) is 0.758. The molecule has 0 spiro atoms. The molecule has 0 amide bonds. The molecule has 0 aliphatic rings. The van der Waals surface area contributed by atoms with E-state index in [0.29, 0.717) is 15.2 Å². The van der Waals surface area contributed by atoms with Gasteiger partial charge in [0.25, 0.3) is 0 Å². The Labute approximate surface area is 115 Å². The monoisotopic (exact) mass is 286 g/mol. The molecule has 0 fully saturated rings. The number of hydrogen-bond donors (Lipinski definition) is 0. The van der Waals surface area contributed by atoms with Crippen molar-refractivity contribution in [3.8, 4) is 11.3 Å². The van der Waals surface area contributed by atoms with E-state index < -0.39 is 0 Å². The predicted octanol–water partition coefficient (Wildman–Crippen LogP) is 4.72. The van der Waals surface area contributed by atoms with E-state index in [9.17, 15) is 0 Å². The normalized spacial score (nSPS) is 10.6. The number of halogens is 3. The van der Waals surface area contributed by atoms with Gasteiger partial charge in [-0.05, 0) is 43.2 Å². The van der Waals surface area contributed by atoms with Crippen molar-refractivity contribution in [1.82, 2.24) is 10.2 Å². The van der Waals surface area contributed by atoms with Gasteiger partial charge < -0.3 is 0 Å². The van der Waals surface area contributed by atoms with Gasteiger partial charge in [0.1, 0.15) is 0 Å². The predicted molar refractivity (Wildman–Crippen MR) is 72.0 cm³/mol. The van der Waals surface area contributed by atoms with Crippen molar-refractivity contribution < 1.29 is 0 Å². The van der Waals surface area contributed by atoms with Crippen LogP contribution in [-0.2, 0) is 0 Å². The molecule has 1 aromatic carbocycles. The molecule has 0 bridgehead atoms. The van der Waals surface area contributed by atoms with Crippen LogP contribution in [0.15, 0.2) is 18.2 Å². The van der Waals surface area contributed by atoms with Gasteiger partial charge in [-0.2, -0.15) is 0 Å². The van der Waals surface area contributed by atoms with Gasteiger partial charge >= 0.3 is 0 Å². The van der Waals surface area contributed by atoms with Crippen LogP contribution in [0.2, 0.25) is 15.2 Å². The zero-order chi connectivity index (χ0) is 12.6. The molecule has 17 heavy (non-hydrogen) atoms. The van der Waals surface area contributed by atoms with Crippen LogP contribution in [-0.4, -0.2) is 10.2 Å². The Bertz CT molecular complexity index is 582. The highest BCUT2D eigenvalue weighted by molar-refractivity contribution is 6.36. The first-order valence-corrected chi connectivity index (χ1v) is 6.09. The number of benzene rings is 1. The molecule has 1 aromatic heterocycles. The lowest BCUT2D eigenvalue weighted by Crippen LogP contribution is -1.97. The Morgan fingerprint density at radius 1 is 0.941 bits per heavy atom. The molecule has 0 aliphatic carbocycles. The molecule has 2 aromatic rings. The van der Waals surface area contributed by atoms with Gasteiger partial charge in [-0.25, -0.2) is 0 Å². The van der Waals surface area contributed by atoms with Crippen molar-refractivity contribution in [2.75, 3.05) is 0 Å². The van der Waals surface area contributed by atoms with E-state index >= 15 is 0 Å². The molecule has 0 unspecified atom stereocenters. The molecule has 2 nitrogen and oxygen atoms in total. The number of hydrogen-bond acceptors (Lipinski definition) is 2. The molecule has 1 heterocycles. The van der Waals surface area contributed by atoms with Gasteiger partial charge in [0.05, 0.1) is 10.7 Å². The summed E-state index contributed by atoms with van der Waals surface area (Å²) in [4.78, 5) is 0. The summed E-state index contributed by atoms with van der Waals surface area (Å²) in [6, 6.07) is 5.28. The van der Waals surface area contributed by atoms with E-state index in [4.69, 9.17) is 34.8 Å². The standard InChI is InChI=1S/C12H9Cl3N2/c1-6-7(2)12(15)17-16-11(6)9-4-3-8(13)5-10(9)14/h3-5H,1-2H3. The zero-order valence-electron chi connectivity index (χ0n) is 9.26. The van der Waals surface area contributed by atoms with E-state index in [1.54, 1.807) is 12.1 Å². The summed E-state index contributed by atoms with van der Waals surface area (Å²) >= 11 is 17.9. The van der Waals surface area contributed by atoms with Crippen LogP contribution in [0.4, 0.5) is 0 Å². The summed E-state index contributed by atoms with van der Waals surface area (Å²) in [5.74, 6) is 0. The van der Waals surface area contributed by atoms with Crippen molar-refractivity contribution in [3.05, 3.63) is 44.5 Å². The van der Waals surface area contributed by atoms with Gasteiger partial charge in [-0.15, -0.1) is 10.2 Å². The van der Waals surface area contributed by atoms with Crippen LogP contribution in [0.3, 0.4) is 0 Å². The molecule has 2 rings (SSSR count). The van der Waals surface area contributed by atoms with Crippen molar-refractivity contribution in [1.29, 1.82) is 0 Å². The summed E-state index contributed by atoms with van der Waals surface area (Å²) < 4.78 is 0. The van der Waals surface area contributed by atoms with Gasteiger partial charge in [-0.1, -0.05) is 34.8 Å². The average Bonchev–Trinajstić information content (AvgIpc) is 2.28. The Morgan fingerprint density at radius 3 is 2.29 bits per heavy atom. The lowest BCUT2D eigenvalue weighted by Gasteiger charge is -2.09. The molecule has 88 valence electrons. The molecule has 0 aliphatic heterocycles. The Balaban J connectivity index is 2.65. The van der Waals surface area contributed by atoms with Crippen LogP contribution >= 0.6 is 34.8 Å². The van der Waals surface area contributed by atoms with Crippen molar-refractivity contribution >= 4 is 34.8 Å². The summed E-state index contributed by atoms with van der Waals surface area (Å²) in [7, 11) is 0. The molecule has 0 radical (unpaired) electrons. The first-order valence-electron chi connectivity index (χ1n) is 4.95. The van der Waals surface area contributed by atoms with E-state index in [0.717, 1.165) is 22.4 Å². The maximum Gasteiger partial charge on any atom is 0.154 e. The third-order valence-electron chi connectivity index (χ3n) is 2.65. The lowest BCUT2D eigenvalue weighted by atomic mass is 10.0. The second-order valence-corrected chi connectivity index (χ2v) is 4.92. The van der Waals surface area contributed by atoms with E-state index in [-0.39, 0.29) is 0 Å². The highest BCUT2D eigenvalue weighted by Crippen LogP contribution is 2.32. The summed E-state index contributed by atoms with van der Waals surface area (Å²) in [5.41, 5.74) is 3.41. The molecule has 0 atom stereocenters. The fourth-order valence-corrected chi connectivity index (χ4v) is 2.19. The zero-order valence-corrected chi connectivity index (χ0v) is 11.5. The molecule has 5 heteroatoms. The molecule has 0 saturated heterocycles. The highest BCUT2D eigenvalue weighted by atomic mass is 35.5. The molecule has 0 N–H and O–H groups in total. The van der Waals surface area contributed by atoms with Gasteiger partial charge in [0.15, 0.2) is 5.15 Å². The average molecular weight is 288 g/mol. The van der Waals surface area contributed by atoms with E-state index in [2.05, 4.69) is 10.2 Å². The minimum absolute atomic E-state index is 0.413. The maximum atomic E-state index is 6.14. The number of rotatable bonds is 1. The van der Waals surface area contributed by atoms with Gasteiger partial charge in [0, 0.05) is 10.6 Å². The SMILES string of the molecule is Cc1c(Cl)nnc(-c2ccc(Cl)cc2Cl)c1C. The minimum Gasteiger partial charge on any atom is -0.149 e. The van der Waals surface area contributed by atoms with Crippen molar-refractivity contribution in [2.45, 2.75) is 13.8 Å². The molecular formula is C12H9Cl3N2. The van der Waals surface area contributed by atoms with Crippen molar-refractivity contribution in [3.63, 3.8) is 0 Å². The summed E-state index contributed by atoms with van der Waals surface area (Å²) in [5, 5.41) is 9.55. The first kappa shape index (κ1) is 12.6. The van der Waals surface area contributed by atoms with Crippen LogP contribution in [0, 0.1) is 13.8 Å². The fraction of sp³-hybridized carbons (Fsp3) is 0.167. The van der Waals surface area contributed by atoms with Crippen LogP contribution < -0.4 is 0 Å². The maximum absolute atomic E-state index is 6.14. The van der Waals surface area contributed by atoms with Crippen LogP contribution in [0.5, 0.6) is 0 Å². The summed E-state index contributed by atoms with van der Waals surface area (Å²) in [6.07, 6.45) is 0. The number of aromatic nitrogens is 2. The first-order chi connectivity index (χ1) is 8.00. The van der Waals surface area contributed by atoms with Crippen LogP contribution in [0.25, 0.3) is 11.3 Å². The van der Waals surface area contributed by atoms with E-state index in [1.807, 2.05) is 19.9 Å². The third kappa shape index (κ3) is 2.39. The summed E-state index contributed by atoms with van der Waals surface area (Å²) in [6.45, 7) is 3.84. The second kappa shape index (κ2) is 4.81. The molecule has 0 saturated carbocycles. The van der Waals surface area contributed by atoms with Crippen molar-refractivity contribution in [2.24, 2.45) is 0 Å². The smallest absolute Gasteiger partial charge is 0.149 e. The van der Waals surface area contributed by atoms with Crippen LogP contribution in [0.1, 0.15) is 11.1 Å². The number of nitrogens with zero attached hydrogens (tertiary/aromatic N) is 2. The Kier molecular flexibility index (Phi) is 3.57. The molecular weight excluding hydrogens is 279 g/mol. The topological polar surface area (TPSA) is 25.8 Å². The highest BCUT2D eigenvalue weighted by Gasteiger charge is 2.12.